The van der Waals surface area contributed by atoms with Crippen LogP contribution in [0.2, 0.25) is 0 Å². The molecule has 3 nitrogen and oxygen atoms in total. The van der Waals surface area contributed by atoms with E-state index in [1.807, 2.05) is 13.8 Å². The molecule has 0 bridgehead atoms. The summed E-state index contributed by atoms with van der Waals surface area (Å²) in [5.41, 5.74) is 0.811. The van der Waals surface area contributed by atoms with Gasteiger partial charge in [0.2, 0.25) is 0 Å². The lowest BCUT2D eigenvalue weighted by molar-refractivity contribution is -0.112. The average molecular weight is 251 g/mol. The highest BCUT2D eigenvalue weighted by atomic mass is 19.1. The highest BCUT2D eigenvalue weighted by Crippen LogP contribution is 2.14. The summed E-state index contributed by atoms with van der Waals surface area (Å²) >= 11 is 0. The third kappa shape index (κ3) is 2.94. The molecule has 1 aromatic rings. The lowest BCUT2D eigenvalue weighted by Crippen LogP contribution is -2.41. The van der Waals surface area contributed by atoms with E-state index in [1.165, 1.54) is 23.1 Å². The minimum Gasteiger partial charge on any atom is -0.332 e. The Labute approximate surface area is 107 Å². The summed E-state index contributed by atoms with van der Waals surface area (Å²) in [6, 6.07) is 3.73. The van der Waals surface area contributed by atoms with Crippen molar-refractivity contribution in [2.75, 3.05) is 7.05 Å². The number of hydrogen-bond acceptors (Lipinski definition) is 2. The predicted octanol–water partition coefficient (Wildman–Crippen LogP) is 2.43. The molecule has 1 aromatic carbocycles. The van der Waals surface area contributed by atoms with Crippen molar-refractivity contribution < 1.29 is 14.0 Å². The second-order valence-electron chi connectivity index (χ2n) is 4.75. The number of carbonyl (C=O) groups is 2. The van der Waals surface area contributed by atoms with E-state index in [-0.39, 0.29) is 17.6 Å². The molecule has 0 spiro atoms. The van der Waals surface area contributed by atoms with Gasteiger partial charge in [0.1, 0.15) is 12.1 Å². The van der Waals surface area contributed by atoms with Gasteiger partial charge in [0.15, 0.2) is 0 Å². The number of hydrogen-bond donors (Lipinski definition) is 0. The Hall–Kier alpha value is -1.71. The molecule has 0 aromatic heterocycles. The number of rotatable bonds is 4. The first-order valence-electron chi connectivity index (χ1n) is 5.87. The number of halogens is 1. The molecule has 0 radical (unpaired) electrons. The summed E-state index contributed by atoms with van der Waals surface area (Å²) in [5, 5.41) is 0. The zero-order chi connectivity index (χ0) is 13.9. The number of nitrogens with zero attached hydrogens (tertiary/aromatic N) is 1. The van der Waals surface area contributed by atoms with Crippen LogP contribution in [0.1, 0.15) is 29.8 Å². The second kappa shape index (κ2) is 5.76. The Balaban J connectivity index is 2.99. The molecule has 0 heterocycles. The highest BCUT2D eigenvalue weighted by Gasteiger charge is 2.23. The van der Waals surface area contributed by atoms with Crippen molar-refractivity contribution in [2.24, 2.45) is 5.92 Å². The monoisotopic (exact) mass is 251 g/mol. The number of amides is 1. The number of carbonyl (C=O) groups excluding carboxylic acids is 2. The first-order valence-corrected chi connectivity index (χ1v) is 5.87. The Bertz CT molecular complexity index is 457. The highest BCUT2D eigenvalue weighted by molar-refractivity contribution is 5.95. The van der Waals surface area contributed by atoms with E-state index in [2.05, 4.69) is 0 Å². The van der Waals surface area contributed by atoms with Crippen molar-refractivity contribution in [2.45, 2.75) is 26.8 Å². The van der Waals surface area contributed by atoms with Crippen LogP contribution in [-0.4, -0.2) is 30.2 Å². The van der Waals surface area contributed by atoms with Gasteiger partial charge in [0, 0.05) is 12.6 Å². The van der Waals surface area contributed by atoms with Gasteiger partial charge in [0.25, 0.3) is 5.91 Å². The van der Waals surface area contributed by atoms with Crippen LogP contribution in [0, 0.1) is 18.7 Å². The van der Waals surface area contributed by atoms with Crippen LogP contribution in [0.15, 0.2) is 18.2 Å². The maximum atomic E-state index is 13.1. The first kappa shape index (κ1) is 14.4. The molecule has 0 aliphatic heterocycles. The van der Waals surface area contributed by atoms with Gasteiger partial charge in [-0.1, -0.05) is 13.8 Å². The van der Waals surface area contributed by atoms with Gasteiger partial charge in [-0.05, 0) is 36.6 Å². The van der Waals surface area contributed by atoms with E-state index in [1.54, 1.807) is 14.0 Å². The van der Waals surface area contributed by atoms with Crippen molar-refractivity contribution in [3.05, 3.63) is 35.1 Å². The molecule has 0 aliphatic carbocycles. The van der Waals surface area contributed by atoms with Crippen LogP contribution in [0.5, 0.6) is 0 Å². The number of aryl methyl sites for hydroxylation is 1. The molecule has 0 saturated heterocycles. The summed E-state index contributed by atoms with van der Waals surface area (Å²) in [4.78, 5) is 24.5. The fraction of sp³-hybridized carbons (Fsp3) is 0.429. The summed E-state index contributed by atoms with van der Waals surface area (Å²) in [6.45, 7) is 5.35. The molecule has 0 N–H and O–H groups in total. The standard InChI is InChI=1S/C14H18FNO2/c1-9(2)13(8-17)16(4)14(18)11-5-6-12(15)10(3)7-11/h5-9,13H,1-4H3. The van der Waals surface area contributed by atoms with Crippen molar-refractivity contribution in [3.8, 4) is 0 Å². The molecule has 1 amide bonds. The fourth-order valence-corrected chi connectivity index (χ4v) is 1.81. The van der Waals surface area contributed by atoms with Crippen LogP contribution >= 0.6 is 0 Å². The topological polar surface area (TPSA) is 37.4 Å². The SMILES string of the molecule is Cc1cc(C(=O)N(C)C(C=O)C(C)C)ccc1F. The third-order valence-electron chi connectivity index (χ3n) is 2.99. The lowest BCUT2D eigenvalue weighted by atomic mass is 10.0. The smallest absolute Gasteiger partial charge is 0.254 e. The van der Waals surface area contributed by atoms with Gasteiger partial charge in [-0.3, -0.25) is 4.79 Å². The quantitative estimate of drug-likeness (QED) is 0.771. The molecule has 1 atom stereocenters. The summed E-state index contributed by atoms with van der Waals surface area (Å²) in [7, 11) is 1.58. The third-order valence-corrected chi connectivity index (χ3v) is 2.99. The molecular formula is C14H18FNO2. The van der Waals surface area contributed by atoms with Gasteiger partial charge < -0.3 is 9.69 Å². The van der Waals surface area contributed by atoms with E-state index >= 15 is 0 Å². The molecule has 18 heavy (non-hydrogen) atoms. The molecule has 1 unspecified atom stereocenters. The molecule has 1 rings (SSSR count). The van der Waals surface area contributed by atoms with Crippen molar-refractivity contribution in [1.29, 1.82) is 0 Å². The largest absolute Gasteiger partial charge is 0.332 e. The zero-order valence-electron chi connectivity index (χ0n) is 11.1. The van der Waals surface area contributed by atoms with E-state index < -0.39 is 6.04 Å². The number of aldehydes is 1. The molecular weight excluding hydrogens is 233 g/mol. The van der Waals surface area contributed by atoms with Gasteiger partial charge in [0.05, 0.1) is 6.04 Å². The van der Waals surface area contributed by atoms with Gasteiger partial charge in [-0.15, -0.1) is 0 Å². The Morgan fingerprint density at radius 2 is 2.00 bits per heavy atom. The second-order valence-corrected chi connectivity index (χ2v) is 4.75. The average Bonchev–Trinajstić information content (AvgIpc) is 2.32. The molecule has 0 saturated carbocycles. The van der Waals surface area contributed by atoms with E-state index in [0.717, 1.165) is 6.29 Å². The van der Waals surface area contributed by atoms with Crippen LogP contribution < -0.4 is 0 Å². The maximum absolute atomic E-state index is 13.1. The molecule has 0 aliphatic rings. The summed E-state index contributed by atoms with van der Waals surface area (Å²) in [5.74, 6) is -0.577. The zero-order valence-corrected chi connectivity index (χ0v) is 11.1. The van der Waals surface area contributed by atoms with Crippen LogP contribution in [0.3, 0.4) is 0 Å². The van der Waals surface area contributed by atoms with Crippen molar-refractivity contribution in [3.63, 3.8) is 0 Å². The van der Waals surface area contributed by atoms with Gasteiger partial charge >= 0.3 is 0 Å². The first-order chi connectivity index (χ1) is 8.38. The lowest BCUT2D eigenvalue weighted by Gasteiger charge is -2.26. The minimum absolute atomic E-state index is 0.0398. The minimum atomic E-state index is -0.470. The van der Waals surface area contributed by atoms with Gasteiger partial charge in [-0.25, -0.2) is 4.39 Å². The van der Waals surface area contributed by atoms with Gasteiger partial charge in [-0.2, -0.15) is 0 Å². The summed E-state index contributed by atoms with van der Waals surface area (Å²) < 4.78 is 13.1. The van der Waals surface area contributed by atoms with Crippen LogP contribution in [0.4, 0.5) is 4.39 Å². The van der Waals surface area contributed by atoms with E-state index in [0.29, 0.717) is 11.1 Å². The predicted molar refractivity (Wildman–Crippen MR) is 67.9 cm³/mol. The molecule has 98 valence electrons. The van der Waals surface area contributed by atoms with E-state index in [4.69, 9.17) is 0 Å². The van der Waals surface area contributed by atoms with Crippen LogP contribution in [-0.2, 0) is 4.79 Å². The number of likely N-dealkylation sites (N-methyl/N-ethyl adjacent to an activating group) is 1. The van der Waals surface area contributed by atoms with E-state index in [9.17, 15) is 14.0 Å². The number of benzene rings is 1. The van der Waals surface area contributed by atoms with Crippen molar-refractivity contribution in [1.82, 2.24) is 4.90 Å². The van der Waals surface area contributed by atoms with Crippen molar-refractivity contribution >= 4 is 12.2 Å². The normalized spacial score (nSPS) is 12.3. The van der Waals surface area contributed by atoms with Crippen LogP contribution in [0.25, 0.3) is 0 Å². The fourth-order valence-electron chi connectivity index (χ4n) is 1.81. The Morgan fingerprint density at radius 3 is 2.44 bits per heavy atom. The Morgan fingerprint density at radius 1 is 1.39 bits per heavy atom. The Kier molecular flexibility index (Phi) is 4.59. The molecule has 0 fully saturated rings. The molecule has 4 heteroatoms. The summed E-state index contributed by atoms with van der Waals surface area (Å²) in [6.07, 6.45) is 0.763. The maximum Gasteiger partial charge on any atom is 0.254 e.